The minimum atomic E-state index is -0.500. The Hall–Kier alpha value is -2.04. The van der Waals surface area contributed by atoms with Crippen LogP contribution in [0.15, 0.2) is 24.3 Å². The lowest BCUT2D eigenvalue weighted by Crippen LogP contribution is -2.44. The smallest absolute Gasteiger partial charge is 0.273 e. The van der Waals surface area contributed by atoms with Gasteiger partial charge >= 0.3 is 0 Å². The molecule has 0 atom stereocenters. The lowest BCUT2D eigenvalue weighted by atomic mass is 9.92. The average molecular weight is 346 g/mol. The predicted molar refractivity (Wildman–Crippen MR) is 98.0 cm³/mol. The number of aromatic hydroxyl groups is 1. The zero-order valence-electron chi connectivity index (χ0n) is 14.9. The van der Waals surface area contributed by atoms with Gasteiger partial charge in [-0.3, -0.25) is 20.4 Å². The highest BCUT2D eigenvalue weighted by molar-refractivity contribution is 5.97. The van der Waals surface area contributed by atoms with E-state index < -0.39 is 5.91 Å². The van der Waals surface area contributed by atoms with Gasteiger partial charge in [-0.1, -0.05) is 69.9 Å². The normalized spacial score (nSPS) is 17.8. The molecule has 5 heteroatoms. The van der Waals surface area contributed by atoms with Crippen molar-refractivity contribution in [3.8, 4) is 5.75 Å². The van der Waals surface area contributed by atoms with Crippen molar-refractivity contribution in [2.75, 3.05) is 0 Å². The molecule has 1 aromatic carbocycles. The number of phenolic OH excluding ortho intramolecular Hbond substituents is 1. The quantitative estimate of drug-likeness (QED) is 0.706. The van der Waals surface area contributed by atoms with E-state index in [4.69, 9.17) is 0 Å². The van der Waals surface area contributed by atoms with Gasteiger partial charge in [0, 0.05) is 5.92 Å². The molecule has 0 saturated heterocycles. The molecule has 25 heavy (non-hydrogen) atoms. The highest BCUT2D eigenvalue weighted by Gasteiger charge is 2.19. The third-order valence-electron chi connectivity index (χ3n) is 4.92. The van der Waals surface area contributed by atoms with E-state index in [2.05, 4.69) is 10.9 Å². The fourth-order valence-corrected chi connectivity index (χ4v) is 3.38. The summed E-state index contributed by atoms with van der Waals surface area (Å²) >= 11 is 0. The molecule has 2 amide bonds. The van der Waals surface area contributed by atoms with Crippen molar-refractivity contribution in [1.29, 1.82) is 0 Å². The van der Waals surface area contributed by atoms with Crippen LogP contribution in [0.25, 0.3) is 0 Å². The van der Waals surface area contributed by atoms with Crippen LogP contribution in [0.5, 0.6) is 5.75 Å². The average Bonchev–Trinajstić information content (AvgIpc) is 2.60. The number of amides is 2. The van der Waals surface area contributed by atoms with Gasteiger partial charge in [0.05, 0.1) is 5.56 Å². The molecule has 0 unspecified atom stereocenters. The summed E-state index contributed by atoms with van der Waals surface area (Å²) in [6.45, 7) is 0. The maximum atomic E-state index is 12.4. The van der Waals surface area contributed by atoms with Gasteiger partial charge in [-0.25, -0.2) is 0 Å². The SMILES string of the molecule is O=C(NNC(=O)C1CCCCCCCCCCC1)c1ccccc1O. The number of hydrogen-bond donors (Lipinski definition) is 3. The summed E-state index contributed by atoms with van der Waals surface area (Å²) in [5, 5.41) is 9.70. The van der Waals surface area contributed by atoms with Crippen LogP contribution in [-0.4, -0.2) is 16.9 Å². The number of carbonyl (C=O) groups is 2. The van der Waals surface area contributed by atoms with E-state index in [9.17, 15) is 14.7 Å². The third-order valence-corrected chi connectivity index (χ3v) is 4.92. The van der Waals surface area contributed by atoms with Gasteiger partial charge in [-0.2, -0.15) is 0 Å². The molecule has 0 heterocycles. The van der Waals surface area contributed by atoms with Crippen molar-refractivity contribution in [3.63, 3.8) is 0 Å². The molecule has 0 bridgehead atoms. The molecule has 1 fully saturated rings. The fourth-order valence-electron chi connectivity index (χ4n) is 3.38. The van der Waals surface area contributed by atoms with Crippen molar-refractivity contribution in [2.45, 2.75) is 70.6 Å². The van der Waals surface area contributed by atoms with Gasteiger partial charge in [0.25, 0.3) is 5.91 Å². The Bertz CT molecular complexity index is 548. The first kappa shape index (κ1) is 19.3. The van der Waals surface area contributed by atoms with E-state index in [1.54, 1.807) is 12.1 Å². The highest BCUT2D eigenvalue weighted by atomic mass is 16.3. The van der Waals surface area contributed by atoms with Gasteiger partial charge in [-0.15, -0.1) is 0 Å². The third kappa shape index (κ3) is 6.77. The molecule has 1 saturated carbocycles. The number of hydrogen-bond acceptors (Lipinski definition) is 3. The first-order valence-corrected chi connectivity index (χ1v) is 9.56. The zero-order valence-corrected chi connectivity index (χ0v) is 14.9. The maximum Gasteiger partial charge on any atom is 0.273 e. The van der Waals surface area contributed by atoms with Gasteiger partial charge in [0.15, 0.2) is 0 Å². The Morgan fingerprint density at radius 1 is 0.800 bits per heavy atom. The zero-order chi connectivity index (χ0) is 17.9. The van der Waals surface area contributed by atoms with Crippen LogP contribution in [0.1, 0.15) is 81.0 Å². The van der Waals surface area contributed by atoms with Crippen LogP contribution < -0.4 is 10.9 Å². The van der Waals surface area contributed by atoms with Gasteiger partial charge in [0.1, 0.15) is 5.75 Å². The summed E-state index contributed by atoms with van der Waals surface area (Å²) < 4.78 is 0. The van der Waals surface area contributed by atoms with E-state index in [1.807, 2.05) is 0 Å². The fraction of sp³-hybridized carbons (Fsp3) is 0.600. The van der Waals surface area contributed by atoms with Gasteiger partial charge < -0.3 is 5.11 Å². The van der Waals surface area contributed by atoms with E-state index in [0.29, 0.717) is 0 Å². The second-order valence-corrected chi connectivity index (χ2v) is 6.92. The van der Waals surface area contributed by atoms with Crippen molar-refractivity contribution >= 4 is 11.8 Å². The number of rotatable bonds is 2. The summed E-state index contributed by atoms with van der Waals surface area (Å²) in [4.78, 5) is 24.5. The van der Waals surface area contributed by atoms with Crippen LogP contribution in [0, 0.1) is 5.92 Å². The van der Waals surface area contributed by atoms with Crippen molar-refractivity contribution < 1.29 is 14.7 Å². The molecular weight excluding hydrogens is 316 g/mol. The Kier molecular flexibility index (Phi) is 8.29. The topological polar surface area (TPSA) is 78.4 Å². The molecule has 3 N–H and O–H groups in total. The van der Waals surface area contributed by atoms with E-state index >= 15 is 0 Å². The molecule has 5 nitrogen and oxygen atoms in total. The molecule has 0 radical (unpaired) electrons. The summed E-state index contributed by atoms with van der Waals surface area (Å²) in [5.74, 6) is -0.773. The summed E-state index contributed by atoms with van der Waals surface area (Å²) in [6.07, 6.45) is 12.6. The molecule has 2 rings (SSSR count). The van der Waals surface area contributed by atoms with Gasteiger partial charge in [-0.05, 0) is 25.0 Å². The number of benzene rings is 1. The number of nitrogens with one attached hydrogen (secondary N) is 2. The largest absolute Gasteiger partial charge is 0.507 e. The van der Waals surface area contributed by atoms with E-state index in [-0.39, 0.29) is 23.1 Å². The van der Waals surface area contributed by atoms with Crippen LogP contribution in [-0.2, 0) is 4.79 Å². The minimum Gasteiger partial charge on any atom is -0.507 e. The molecule has 138 valence electrons. The maximum absolute atomic E-state index is 12.4. The monoisotopic (exact) mass is 346 g/mol. The minimum absolute atomic E-state index is 0.0518. The molecule has 0 aromatic heterocycles. The van der Waals surface area contributed by atoms with Crippen LogP contribution in [0.2, 0.25) is 0 Å². The molecular formula is C20H30N2O3. The van der Waals surface area contributed by atoms with Crippen LogP contribution >= 0.6 is 0 Å². The van der Waals surface area contributed by atoms with Crippen molar-refractivity contribution in [2.24, 2.45) is 5.92 Å². The standard InChI is InChI=1S/C20H30N2O3/c23-18-15-11-10-14-17(18)20(25)22-21-19(24)16-12-8-6-4-2-1-3-5-7-9-13-16/h10-11,14-16,23H,1-9,12-13H2,(H,21,24)(H,22,25). The molecule has 1 aliphatic carbocycles. The lowest BCUT2D eigenvalue weighted by molar-refractivity contribution is -0.126. The number of carbonyl (C=O) groups excluding carboxylic acids is 2. The molecule has 0 aliphatic heterocycles. The first-order chi connectivity index (χ1) is 12.2. The van der Waals surface area contributed by atoms with Crippen molar-refractivity contribution in [1.82, 2.24) is 10.9 Å². The lowest BCUT2D eigenvalue weighted by Gasteiger charge is -2.18. The first-order valence-electron chi connectivity index (χ1n) is 9.56. The number of para-hydroxylation sites is 1. The Morgan fingerprint density at radius 3 is 1.88 bits per heavy atom. The highest BCUT2D eigenvalue weighted by Crippen LogP contribution is 2.21. The summed E-state index contributed by atoms with van der Waals surface area (Å²) in [6, 6.07) is 6.29. The molecule has 0 spiro atoms. The summed E-state index contributed by atoms with van der Waals surface area (Å²) in [7, 11) is 0. The Morgan fingerprint density at radius 2 is 1.32 bits per heavy atom. The number of phenols is 1. The van der Waals surface area contributed by atoms with Crippen LogP contribution in [0.3, 0.4) is 0 Å². The van der Waals surface area contributed by atoms with Crippen LogP contribution in [0.4, 0.5) is 0 Å². The Balaban J connectivity index is 1.83. The second-order valence-electron chi connectivity index (χ2n) is 6.92. The number of hydrazine groups is 1. The predicted octanol–water partition coefficient (Wildman–Crippen LogP) is 4.07. The van der Waals surface area contributed by atoms with Gasteiger partial charge in [0.2, 0.25) is 5.91 Å². The summed E-state index contributed by atoms with van der Waals surface area (Å²) in [5.41, 5.74) is 5.12. The molecule has 1 aliphatic rings. The van der Waals surface area contributed by atoms with E-state index in [0.717, 1.165) is 25.7 Å². The van der Waals surface area contributed by atoms with E-state index in [1.165, 1.54) is 57.1 Å². The van der Waals surface area contributed by atoms with Crippen molar-refractivity contribution in [3.05, 3.63) is 29.8 Å². The molecule has 1 aromatic rings. The Labute approximate surface area is 150 Å². The second kappa shape index (κ2) is 10.7.